The number of nitrogens with one attached hydrogen (secondary N) is 1. The lowest BCUT2D eigenvalue weighted by Gasteiger charge is -2.11. The van der Waals surface area contributed by atoms with Crippen molar-refractivity contribution < 1.29 is 14.3 Å². The maximum absolute atomic E-state index is 12.8. The number of ether oxygens (including phenoxy) is 1. The van der Waals surface area contributed by atoms with Crippen LogP contribution in [-0.2, 0) is 16.1 Å². The minimum absolute atomic E-state index is 0.228. The van der Waals surface area contributed by atoms with Crippen molar-refractivity contribution in [1.29, 1.82) is 0 Å². The molecule has 1 aromatic carbocycles. The molecule has 29 heavy (non-hydrogen) atoms. The molecule has 1 amide bonds. The predicted molar refractivity (Wildman–Crippen MR) is 110 cm³/mol. The van der Waals surface area contributed by atoms with Gasteiger partial charge in [0.05, 0.1) is 18.4 Å². The van der Waals surface area contributed by atoms with Gasteiger partial charge in [-0.05, 0) is 25.0 Å². The van der Waals surface area contributed by atoms with E-state index in [4.69, 9.17) is 4.74 Å². The van der Waals surface area contributed by atoms with E-state index in [0.29, 0.717) is 16.0 Å². The highest BCUT2D eigenvalue weighted by Gasteiger charge is 2.19. The van der Waals surface area contributed by atoms with E-state index in [1.165, 1.54) is 29.3 Å². The fraction of sp³-hybridized carbons (Fsp3) is 0.316. The molecule has 0 bridgehead atoms. The molecule has 1 aliphatic rings. The number of para-hydroxylation sites is 1. The molecule has 1 N–H and O–H groups in total. The lowest BCUT2D eigenvalue weighted by atomic mass is 10.2. The first kappa shape index (κ1) is 19.1. The fourth-order valence-electron chi connectivity index (χ4n) is 3.22. The van der Waals surface area contributed by atoms with Crippen LogP contribution >= 0.6 is 11.3 Å². The molecular weight excluding hydrogens is 394 g/mol. The smallest absolute Gasteiger partial charge is 0.339 e. The van der Waals surface area contributed by atoms with Gasteiger partial charge in [-0.25, -0.2) is 9.78 Å². The summed E-state index contributed by atoms with van der Waals surface area (Å²) < 4.78 is 6.39. The van der Waals surface area contributed by atoms with E-state index in [1.54, 1.807) is 24.3 Å². The number of fused-ring (bicyclic) bond motifs is 1. The number of thiazole rings is 1. The Bertz CT molecular complexity index is 1130. The fourth-order valence-corrected chi connectivity index (χ4v) is 4.24. The molecule has 1 saturated heterocycles. The summed E-state index contributed by atoms with van der Waals surface area (Å²) in [7, 11) is 1.27. The second-order valence-electron chi connectivity index (χ2n) is 6.61. The van der Waals surface area contributed by atoms with E-state index >= 15 is 0 Å². The molecule has 4 rings (SSSR count). The Morgan fingerprint density at radius 1 is 1.24 bits per heavy atom. The highest BCUT2D eigenvalue weighted by atomic mass is 32.1. The van der Waals surface area contributed by atoms with Crippen molar-refractivity contribution in [2.45, 2.75) is 19.4 Å². The molecular formula is C19H19N5O4S. The number of esters is 1. The van der Waals surface area contributed by atoms with Crippen LogP contribution in [-0.4, -0.2) is 46.6 Å². The van der Waals surface area contributed by atoms with Crippen molar-refractivity contribution >= 4 is 44.4 Å². The third-order valence-electron chi connectivity index (χ3n) is 4.67. The lowest BCUT2D eigenvalue weighted by molar-refractivity contribution is -0.116. The number of hydrogen-bond donors (Lipinski definition) is 1. The van der Waals surface area contributed by atoms with Crippen LogP contribution in [0.5, 0.6) is 0 Å². The molecule has 1 fully saturated rings. The van der Waals surface area contributed by atoms with Crippen molar-refractivity contribution in [3.8, 4) is 0 Å². The standard InChI is InChI=1S/C19H19N5O4S/c1-28-18(27)12-6-2-3-7-13(12)21-14(25)10-24-11-20-16-15(17(24)26)29-19(22-16)23-8-4-5-9-23/h2-3,6-7,11H,4-5,8-10H2,1H3,(H,21,25). The Hall–Kier alpha value is -3.27. The minimum Gasteiger partial charge on any atom is -0.465 e. The third-order valence-corrected chi connectivity index (χ3v) is 5.76. The average Bonchev–Trinajstić information content (AvgIpc) is 3.40. The molecule has 10 heteroatoms. The lowest BCUT2D eigenvalue weighted by Crippen LogP contribution is -2.28. The summed E-state index contributed by atoms with van der Waals surface area (Å²) in [5.74, 6) is -1.01. The number of amides is 1. The van der Waals surface area contributed by atoms with Gasteiger partial charge in [0.2, 0.25) is 5.91 Å². The average molecular weight is 413 g/mol. The van der Waals surface area contributed by atoms with E-state index in [9.17, 15) is 14.4 Å². The van der Waals surface area contributed by atoms with Crippen LogP contribution in [0, 0.1) is 0 Å². The van der Waals surface area contributed by atoms with E-state index in [0.717, 1.165) is 31.1 Å². The number of hydrogen-bond acceptors (Lipinski definition) is 8. The quantitative estimate of drug-likeness (QED) is 0.637. The summed E-state index contributed by atoms with van der Waals surface area (Å²) in [4.78, 5) is 47.9. The largest absolute Gasteiger partial charge is 0.465 e. The number of nitrogens with zero attached hydrogens (tertiary/aromatic N) is 4. The zero-order valence-electron chi connectivity index (χ0n) is 15.8. The number of carbonyl (C=O) groups excluding carboxylic acids is 2. The van der Waals surface area contributed by atoms with Gasteiger partial charge >= 0.3 is 5.97 Å². The molecule has 3 aromatic rings. The Morgan fingerprint density at radius 3 is 2.76 bits per heavy atom. The minimum atomic E-state index is -0.555. The number of rotatable bonds is 5. The normalized spacial score (nSPS) is 13.6. The van der Waals surface area contributed by atoms with Gasteiger partial charge in [-0.2, -0.15) is 4.98 Å². The van der Waals surface area contributed by atoms with Crippen LogP contribution in [0.1, 0.15) is 23.2 Å². The van der Waals surface area contributed by atoms with E-state index in [1.807, 2.05) is 0 Å². The first-order valence-corrected chi connectivity index (χ1v) is 9.96. The van der Waals surface area contributed by atoms with E-state index in [-0.39, 0.29) is 17.7 Å². The first-order valence-electron chi connectivity index (χ1n) is 9.15. The maximum Gasteiger partial charge on any atom is 0.339 e. The van der Waals surface area contributed by atoms with Crippen LogP contribution in [0.15, 0.2) is 35.4 Å². The predicted octanol–water partition coefficient (Wildman–Crippen LogP) is 1.88. The van der Waals surface area contributed by atoms with Crippen molar-refractivity contribution in [1.82, 2.24) is 14.5 Å². The topological polar surface area (TPSA) is 106 Å². The summed E-state index contributed by atoms with van der Waals surface area (Å²) in [6.07, 6.45) is 3.55. The summed E-state index contributed by atoms with van der Waals surface area (Å²) in [5, 5.41) is 3.44. The molecule has 0 saturated carbocycles. The molecule has 0 spiro atoms. The van der Waals surface area contributed by atoms with Gasteiger partial charge in [0.15, 0.2) is 10.8 Å². The van der Waals surface area contributed by atoms with Gasteiger partial charge in [-0.15, -0.1) is 0 Å². The summed E-state index contributed by atoms with van der Waals surface area (Å²) in [6, 6.07) is 6.52. The number of aromatic nitrogens is 3. The van der Waals surface area contributed by atoms with Crippen molar-refractivity contribution in [3.63, 3.8) is 0 Å². The Labute approximate surface area is 170 Å². The van der Waals surface area contributed by atoms with E-state index in [2.05, 4.69) is 20.2 Å². The first-order chi connectivity index (χ1) is 14.1. The summed E-state index contributed by atoms with van der Waals surface area (Å²) in [5.41, 5.74) is 0.645. The molecule has 3 heterocycles. The summed E-state index contributed by atoms with van der Waals surface area (Å²) in [6.45, 7) is 1.63. The Balaban J connectivity index is 1.55. The zero-order chi connectivity index (χ0) is 20.4. The number of methoxy groups -OCH3 is 1. The van der Waals surface area contributed by atoms with Crippen LogP contribution in [0.25, 0.3) is 10.3 Å². The van der Waals surface area contributed by atoms with Gasteiger partial charge in [0.25, 0.3) is 5.56 Å². The number of benzene rings is 1. The van der Waals surface area contributed by atoms with Crippen molar-refractivity contribution in [2.75, 3.05) is 30.4 Å². The second-order valence-corrected chi connectivity index (χ2v) is 7.58. The number of carbonyl (C=O) groups is 2. The SMILES string of the molecule is COC(=O)c1ccccc1NC(=O)Cn1cnc2nc(N3CCCC3)sc2c1=O. The molecule has 2 aromatic heterocycles. The van der Waals surface area contributed by atoms with Gasteiger partial charge in [-0.3, -0.25) is 14.2 Å². The monoisotopic (exact) mass is 413 g/mol. The van der Waals surface area contributed by atoms with Crippen LogP contribution in [0.2, 0.25) is 0 Å². The maximum atomic E-state index is 12.8. The highest BCUT2D eigenvalue weighted by Crippen LogP contribution is 2.27. The van der Waals surface area contributed by atoms with Gasteiger partial charge in [0.1, 0.15) is 17.6 Å². The van der Waals surface area contributed by atoms with Gasteiger partial charge in [-0.1, -0.05) is 23.5 Å². The van der Waals surface area contributed by atoms with Crippen molar-refractivity contribution in [3.05, 3.63) is 46.5 Å². The number of anilines is 2. The molecule has 0 atom stereocenters. The van der Waals surface area contributed by atoms with Gasteiger partial charge < -0.3 is 15.0 Å². The second kappa shape index (κ2) is 8.00. The Kier molecular flexibility index (Phi) is 5.26. The molecule has 0 radical (unpaired) electrons. The Morgan fingerprint density at radius 2 is 2.00 bits per heavy atom. The molecule has 150 valence electrons. The van der Waals surface area contributed by atoms with Gasteiger partial charge in [0, 0.05) is 13.1 Å². The molecule has 1 aliphatic heterocycles. The zero-order valence-corrected chi connectivity index (χ0v) is 16.6. The highest BCUT2D eigenvalue weighted by molar-refractivity contribution is 7.22. The van der Waals surface area contributed by atoms with Crippen LogP contribution in [0.4, 0.5) is 10.8 Å². The van der Waals surface area contributed by atoms with E-state index < -0.39 is 11.9 Å². The summed E-state index contributed by atoms with van der Waals surface area (Å²) >= 11 is 1.30. The van der Waals surface area contributed by atoms with Crippen LogP contribution in [0.3, 0.4) is 0 Å². The molecule has 9 nitrogen and oxygen atoms in total. The third kappa shape index (κ3) is 3.83. The molecule has 0 unspecified atom stereocenters. The molecule has 0 aliphatic carbocycles. The van der Waals surface area contributed by atoms with Crippen LogP contribution < -0.4 is 15.8 Å². The van der Waals surface area contributed by atoms with Crippen molar-refractivity contribution in [2.24, 2.45) is 0 Å².